The smallest absolute Gasteiger partial charge is 0.263 e. The zero-order chi connectivity index (χ0) is 19.2. The molecule has 1 aromatic heterocycles. The van der Waals surface area contributed by atoms with Crippen LogP contribution in [0.25, 0.3) is 0 Å². The van der Waals surface area contributed by atoms with Gasteiger partial charge in [-0.1, -0.05) is 41.4 Å². The van der Waals surface area contributed by atoms with E-state index < -0.39 is 0 Å². The topological polar surface area (TPSA) is 65.4 Å². The summed E-state index contributed by atoms with van der Waals surface area (Å²) < 4.78 is 12.4. The first-order valence-electron chi connectivity index (χ1n) is 8.08. The van der Waals surface area contributed by atoms with E-state index in [0.717, 1.165) is 5.56 Å². The molecule has 0 aliphatic rings. The fraction of sp³-hybridized carbons (Fsp3) is 0.158. The summed E-state index contributed by atoms with van der Waals surface area (Å²) in [7, 11) is 1.54. The third-order valence-electron chi connectivity index (χ3n) is 3.75. The predicted octanol–water partition coefficient (Wildman–Crippen LogP) is 4.26. The van der Waals surface area contributed by atoms with Gasteiger partial charge in [-0.2, -0.15) is 5.10 Å². The predicted molar refractivity (Wildman–Crippen MR) is 105 cm³/mol. The van der Waals surface area contributed by atoms with Crippen molar-refractivity contribution >= 4 is 34.9 Å². The minimum absolute atomic E-state index is 0.159. The number of carbonyl (C=O) groups is 1. The van der Waals surface area contributed by atoms with Crippen molar-refractivity contribution in [3.8, 4) is 11.5 Å². The van der Waals surface area contributed by atoms with Gasteiger partial charge in [-0.25, -0.2) is 4.68 Å². The number of nitrogens with zero attached hydrogens (tertiary/aromatic N) is 2. The van der Waals surface area contributed by atoms with Crippen molar-refractivity contribution in [3.63, 3.8) is 0 Å². The van der Waals surface area contributed by atoms with Gasteiger partial charge >= 0.3 is 0 Å². The van der Waals surface area contributed by atoms with Crippen LogP contribution in [0.2, 0.25) is 10.0 Å². The van der Waals surface area contributed by atoms with Gasteiger partial charge in [0.25, 0.3) is 5.91 Å². The van der Waals surface area contributed by atoms with Crippen LogP contribution < -0.4 is 14.8 Å². The third kappa shape index (κ3) is 4.93. The first kappa shape index (κ1) is 19.1. The van der Waals surface area contributed by atoms with E-state index in [-0.39, 0.29) is 12.5 Å². The molecule has 0 unspecified atom stereocenters. The maximum atomic E-state index is 12.2. The molecule has 1 heterocycles. The number of carbonyl (C=O) groups excluding carboxylic acids is 1. The van der Waals surface area contributed by atoms with Gasteiger partial charge in [0, 0.05) is 16.1 Å². The Morgan fingerprint density at radius 2 is 1.93 bits per heavy atom. The third-order valence-corrected chi connectivity index (χ3v) is 4.33. The molecule has 3 aromatic rings. The van der Waals surface area contributed by atoms with Gasteiger partial charge in [0.15, 0.2) is 18.1 Å². The summed E-state index contributed by atoms with van der Waals surface area (Å²) in [6.45, 7) is 0.235. The van der Waals surface area contributed by atoms with Crippen molar-refractivity contribution in [2.45, 2.75) is 6.54 Å². The van der Waals surface area contributed by atoms with Crippen LogP contribution in [-0.4, -0.2) is 29.4 Å². The molecule has 0 atom stereocenters. The van der Waals surface area contributed by atoms with Crippen LogP contribution in [0, 0.1) is 0 Å². The highest BCUT2D eigenvalue weighted by Crippen LogP contribution is 2.26. The van der Waals surface area contributed by atoms with Crippen LogP contribution in [0.15, 0.2) is 54.7 Å². The fourth-order valence-electron chi connectivity index (χ4n) is 2.44. The summed E-state index contributed by atoms with van der Waals surface area (Å²) in [5.74, 6) is 1.28. The van der Waals surface area contributed by atoms with E-state index in [9.17, 15) is 4.79 Å². The molecule has 0 saturated carbocycles. The minimum Gasteiger partial charge on any atom is -0.493 e. The number of nitrogens with one attached hydrogen (secondary N) is 1. The molecule has 0 fully saturated rings. The highest BCUT2D eigenvalue weighted by Gasteiger charge is 2.11. The summed E-state index contributed by atoms with van der Waals surface area (Å²) in [5, 5.41) is 8.10. The lowest BCUT2D eigenvalue weighted by Crippen LogP contribution is -2.22. The molecule has 2 aromatic carbocycles. The van der Waals surface area contributed by atoms with Gasteiger partial charge in [-0.05, 0) is 29.8 Å². The minimum atomic E-state index is -0.315. The first-order valence-corrected chi connectivity index (χ1v) is 8.84. The number of aromatic nitrogens is 2. The molecule has 6 nitrogen and oxygen atoms in total. The van der Waals surface area contributed by atoms with Crippen LogP contribution >= 0.6 is 23.2 Å². The Bertz CT molecular complexity index is 943. The van der Waals surface area contributed by atoms with Crippen LogP contribution in [0.3, 0.4) is 0 Å². The van der Waals surface area contributed by atoms with E-state index in [1.807, 2.05) is 12.1 Å². The molecule has 1 N–H and O–H groups in total. The zero-order valence-electron chi connectivity index (χ0n) is 14.5. The largest absolute Gasteiger partial charge is 0.493 e. The summed E-state index contributed by atoms with van der Waals surface area (Å²) in [6.07, 6.45) is 1.60. The van der Waals surface area contributed by atoms with Gasteiger partial charge in [0.1, 0.15) is 5.82 Å². The molecular weight excluding hydrogens is 389 g/mol. The molecule has 0 spiro atoms. The Labute approximate surface area is 166 Å². The Morgan fingerprint density at radius 1 is 1.15 bits per heavy atom. The second kappa shape index (κ2) is 8.79. The van der Waals surface area contributed by atoms with Crippen molar-refractivity contribution in [3.05, 3.63) is 70.3 Å². The van der Waals surface area contributed by atoms with E-state index in [0.29, 0.717) is 33.9 Å². The van der Waals surface area contributed by atoms with Gasteiger partial charge in [0.05, 0.1) is 19.9 Å². The quantitative estimate of drug-likeness (QED) is 0.637. The first-order chi connectivity index (χ1) is 13.1. The number of hydrogen-bond acceptors (Lipinski definition) is 4. The second-order valence-electron chi connectivity index (χ2n) is 5.60. The summed E-state index contributed by atoms with van der Waals surface area (Å²) in [6, 6.07) is 14.1. The number of methoxy groups -OCH3 is 1. The number of benzene rings is 2. The average Bonchev–Trinajstić information content (AvgIpc) is 3.09. The molecule has 1 amide bonds. The van der Waals surface area contributed by atoms with Crippen molar-refractivity contribution in [1.82, 2.24) is 9.78 Å². The molecular formula is C19H17Cl2N3O3. The van der Waals surface area contributed by atoms with Gasteiger partial charge in [0.2, 0.25) is 0 Å². The average molecular weight is 406 g/mol. The molecule has 8 heteroatoms. The van der Waals surface area contributed by atoms with Crippen LogP contribution in [0.1, 0.15) is 5.56 Å². The Balaban J connectivity index is 1.63. The molecule has 3 rings (SSSR count). The summed E-state index contributed by atoms with van der Waals surface area (Å²) >= 11 is 12.1. The van der Waals surface area contributed by atoms with Crippen molar-refractivity contribution in [2.75, 3.05) is 19.0 Å². The van der Waals surface area contributed by atoms with Crippen LogP contribution in [0.5, 0.6) is 11.5 Å². The van der Waals surface area contributed by atoms with Crippen molar-refractivity contribution < 1.29 is 14.3 Å². The number of anilines is 1. The van der Waals surface area contributed by atoms with Crippen LogP contribution in [0.4, 0.5) is 5.82 Å². The van der Waals surface area contributed by atoms with E-state index in [1.54, 1.807) is 54.4 Å². The number of amides is 1. The zero-order valence-corrected chi connectivity index (χ0v) is 16.0. The normalized spacial score (nSPS) is 10.5. The summed E-state index contributed by atoms with van der Waals surface area (Å²) in [5.41, 5.74) is 0.838. The number of para-hydroxylation sites is 2. The fourth-order valence-corrected chi connectivity index (χ4v) is 2.90. The molecule has 27 heavy (non-hydrogen) atoms. The van der Waals surface area contributed by atoms with E-state index >= 15 is 0 Å². The standard InChI is InChI=1S/C19H17Cl2N3O3/c1-26-16-4-2-3-5-17(16)27-12-19(25)23-18-8-9-22-24(18)11-13-6-7-14(20)10-15(13)21/h2-10H,11-12H2,1H3,(H,23,25). The molecule has 140 valence electrons. The van der Waals surface area contributed by atoms with Gasteiger partial charge in [-0.3, -0.25) is 4.79 Å². The lowest BCUT2D eigenvalue weighted by Gasteiger charge is -2.12. The number of halogens is 2. The molecule has 0 radical (unpaired) electrons. The maximum Gasteiger partial charge on any atom is 0.263 e. The van der Waals surface area contributed by atoms with Gasteiger partial charge in [-0.15, -0.1) is 0 Å². The molecule has 0 bridgehead atoms. The number of rotatable bonds is 7. The van der Waals surface area contributed by atoms with E-state index in [2.05, 4.69) is 10.4 Å². The van der Waals surface area contributed by atoms with Crippen molar-refractivity contribution in [2.24, 2.45) is 0 Å². The molecule has 0 aliphatic carbocycles. The second-order valence-corrected chi connectivity index (χ2v) is 6.44. The highest BCUT2D eigenvalue weighted by atomic mass is 35.5. The van der Waals surface area contributed by atoms with E-state index in [1.165, 1.54) is 0 Å². The summed E-state index contributed by atoms with van der Waals surface area (Å²) in [4.78, 5) is 12.2. The van der Waals surface area contributed by atoms with Gasteiger partial charge < -0.3 is 14.8 Å². The molecule has 0 aliphatic heterocycles. The highest BCUT2D eigenvalue weighted by molar-refractivity contribution is 6.35. The van der Waals surface area contributed by atoms with Crippen LogP contribution in [-0.2, 0) is 11.3 Å². The van der Waals surface area contributed by atoms with E-state index in [4.69, 9.17) is 32.7 Å². The lowest BCUT2D eigenvalue weighted by molar-refractivity contribution is -0.118. The SMILES string of the molecule is COc1ccccc1OCC(=O)Nc1ccnn1Cc1ccc(Cl)cc1Cl. The van der Waals surface area contributed by atoms with Crippen molar-refractivity contribution in [1.29, 1.82) is 0 Å². The Morgan fingerprint density at radius 3 is 2.67 bits per heavy atom. The Hall–Kier alpha value is -2.70. The number of hydrogen-bond donors (Lipinski definition) is 1. The molecule has 0 saturated heterocycles. The lowest BCUT2D eigenvalue weighted by atomic mass is 10.2. The Kier molecular flexibility index (Phi) is 6.21. The number of ether oxygens (including phenoxy) is 2. The maximum absolute atomic E-state index is 12.2. The monoisotopic (exact) mass is 405 g/mol.